The summed E-state index contributed by atoms with van der Waals surface area (Å²) in [5.74, 6) is -1.53. The highest BCUT2D eigenvalue weighted by molar-refractivity contribution is 7.92. The molecule has 0 saturated carbocycles. The van der Waals surface area contributed by atoms with Crippen LogP contribution in [0.1, 0.15) is 23.6 Å². The molecule has 0 aliphatic carbocycles. The van der Waals surface area contributed by atoms with Crippen LogP contribution in [0, 0.1) is 12.7 Å². The van der Waals surface area contributed by atoms with Gasteiger partial charge in [-0.2, -0.15) is 0 Å². The predicted molar refractivity (Wildman–Crippen MR) is 167 cm³/mol. The number of hydrogen-bond donors (Lipinski definition) is 1. The molecule has 7 nitrogen and oxygen atoms in total. The minimum absolute atomic E-state index is 0.0203. The van der Waals surface area contributed by atoms with E-state index in [-0.39, 0.29) is 29.5 Å². The van der Waals surface area contributed by atoms with Gasteiger partial charge < -0.3 is 10.2 Å². The summed E-state index contributed by atoms with van der Waals surface area (Å²) in [4.78, 5) is 29.1. The Labute approximate surface area is 257 Å². The van der Waals surface area contributed by atoms with Crippen molar-refractivity contribution in [1.29, 1.82) is 0 Å². The number of benzene rings is 4. The zero-order valence-electron chi connectivity index (χ0n) is 23.9. The van der Waals surface area contributed by atoms with Crippen molar-refractivity contribution in [2.24, 2.45) is 0 Å². The first-order valence-electron chi connectivity index (χ1n) is 13.8. The van der Waals surface area contributed by atoms with E-state index < -0.39 is 34.3 Å². The number of sulfonamides is 1. The van der Waals surface area contributed by atoms with Crippen LogP contribution in [0.2, 0.25) is 5.02 Å². The summed E-state index contributed by atoms with van der Waals surface area (Å²) in [7, 11) is -4.26. The highest BCUT2D eigenvalue weighted by atomic mass is 35.5. The van der Waals surface area contributed by atoms with Gasteiger partial charge in [-0.3, -0.25) is 13.9 Å². The molecule has 224 valence electrons. The molecule has 0 fully saturated rings. The molecule has 0 radical (unpaired) electrons. The van der Waals surface area contributed by atoms with Gasteiger partial charge in [-0.25, -0.2) is 12.8 Å². The Morgan fingerprint density at radius 3 is 2.09 bits per heavy atom. The lowest BCUT2D eigenvalue weighted by Crippen LogP contribution is -2.53. The molecule has 2 amide bonds. The van der Waals surface area contributed by atoms with E-state index in [1.54, 1.807) is 43.3 Å². The zero-order valence-corrected chi connectivity index (χ0v) is 25.5. The second-order valence-corrected chi connectivity index (χ2v) is 12.3. The van der Waals surface area contributed by atoms with Crippen molar-refractivity contribution in [3.63, 3.8) is 0 Å². The molecule has 0 spiro atoms. The van der Waals surface area contributed by atoms with Gasteiger partial charge in [0, 0.05) is 24.5 Å². The van der Waals surface area contributed by atoms with E-state index in [1.807, 2.05) is 37.3 Å². The predicted octanol–water partition coefficient (Wildman–Crippen LogP) is 5.76. The number of halogens is 2. The first-order chi connectivity index (χ1) is 20.6. The number of hydrogen-bond acceptors (Lipinski definition) is 4. The number of rotatable bonds is 12. The fourth-order valence-corrected chi connectivity index (χ4v) is 6.15. The number of carbonyl (C=O) groups is 2. The summed E-state index contributed by atoms with van der Waals surface area (Å²) >= 11 is 6.09. The third kappa shape index (κ3) is 8.21. The number of carbonyl (C=O) groups excluding carboxylic acids is 2. The van der Waals surface area contributed by atoms with E-state index in [0.717, 1.165) is 27.6 Å². The first kappa shape index (κ1) is 31.7. The zero-order chi connectivity index (χ0) is 31.0. The average Bonchev–Trinajstić information content (AvgIpc) is 3.00. The third-order valence-corrected chi connectivity index (χ3v) is 8.93. The maximum absolute atomic E-state index is 14.3. The lowest BCUT2D eigenvalue weighted by atomic mass is 10.0. The number of nitrogens with zero attached hydrogens (tertiary/aromatic N) is 2. The van der Waals surface area contributed by atoms with Gasteiger partial charge in [-0.15, -0.1) is 0 Å². The average molecular weight is 622 g/mol. The van der Waals surface area contributed by atoms with Crippen LogP contribution in [0.15, 0.2) is 108 Å². The van der Waals surface area contributed by atoms with Crippen LogP contribution >= 0.6 is 11.6 Å². The Morgan fingerprint density at radius 2 is 1.49 bits per heavy atom. The maximum atomic E-state index is 14.3. The van der Waals surface area contributed by atoms with Gasteiger partial charge in [0.2, 0.25) is 11.8 Å². The molecule has 4 aromatic carbocycles. The molecular weight excluding hydrogens is 589 g/mol. The van der Waals surface area contributed by atoms with Gasteiger partial charge in [0.25, 0.3) is 10.0 Å². The van der Waals surface area contributed by atoms with E-state index >= 15 is 0 Å². The smallest absolute Gasteiger partial charge is 0.264 e. The van der Waals surface area contributed by atoms with Crippen molar-refractivity contribution in [3.8, 4) is 0 Å². The van der Waals surface area contributed by atoms with Crippen molar-refractivity contribution in [2.45, 2.75) is 37.8 Å². The molecule has 1 unspecified atom stereocenters. The Kier molecular flexibility index (Phi) is 10.6. The Hall–Kier alpha value is -4.21. The molecule has 0 aliphatic heterocycles. The minimum Gasteiger partial charge on any atom is -0.355 e. The topological polar surface area (TPSA) is 86.8 Å². The number of amides is 2. The minimum atomic E-state index is -4.26. The fraction of sp³-hybridized carbons (Fsp3) is 0.212. The summed E-state index contributed by atoms with van der Waals surface area (Å²) in [6.07, 6.45) is 0.202. The highest BCUT2D eigenvalue weighted by Crippen LogP contribution is 2.26. The van der Waals surface area contributed by atoms with Crippen molar-refractivity contribution in [1.82, 2.24) is 10.2 Å². The van der Waals surface area contributed by atoms with Crippen molar-refractivity contribution in [2.75, 3.05) is 17.4 Å². The Bertz CT molecular complexity index is 1630. The molecule has 4 aromatic rings. The summed E-state index contributed by atoms with van der Waals surface area (Å²) in [5, 5.41) is 3.33. The molecule has 0 aromatic heterocycles. The monoisotopic (exact) mass is 621 g/mol. The lowest BCUT2D eigenvalue weighted by molar-refractivity contribution is -0.140. The van der Waals surface area contributed by atoms with Gasteiger partial charge in [0.1, 0.15) is 18.4 Å². The Morgan fingerprint density at radius 1 is 0.860 bits per heavy atom. The van der Waals surface area contributed by atoms with E-state index in [9.17, 15) is 22.4 Å². The molecule has 0 heterocycles. The summed E-state index contributed by atoms with van der Waals surface area (Å²) in [6, 6.07) is 26.3. The van der Waals surface area contributed by atoms with Crippen molar-refractivity contribution < 1.29 is 22.4 Å². The highest BCUT2D eigenvalue weighted by Gasteiger charge is 2.34. The van der Waals surface area contributed by atoms with E-state index in [0.29, 0.717) is 17.1 Å². The Balaban J connectivity index is 1.78. The molecule has 4 rings (SSSR count). The number of likely N-dealkylation sites (N-methyl/N-ethyl adjacent to an activating group) is 1. The SMILES string of the molecule is CCNC(=O)C(Cc1ccccc1)N(Cc1ccc(Cl)cc1)C(=O)CN(c1ccc(F)cc1)S(=O)(=O)c1ccc(C)cc1. The van der Waals surface area contributed by atoms with Gasteiger partial charge in [-0.1, -0.05) is 71.8 Å². The van der Waals surface area contributed by atoms with Crippen molar-refractivity contribution >= 4 is 39.1 Å². The van der Waals surface area contributed by atoms with Crippen LogP contribution in [-0.2, 0) is 32.6 Å². The standard InChI is InChI=1S/C33H33ClFN3O4S/c1-3-36-33(40)31(21-25-7-5-4-6-8-25)37(22-26-11-13-27(34)14-12-26)32(39)23-38(29-17-15-28(35)16-18-29)43(41,42)30-19-9-24(2)10-20-30/h4-20,31H,3,21-23H2,1-2H3,(H,36,40). The molecule has 1 N–H and O–H groups in total. The molecular formula is C33H33ClFN3O4S. The van der Waals surface area contributed by atoms with Crippen molar-refractivity contribution in [3.05, 3.63) is 131 Å². The molecule has 0 aliphatic rings. The quantitative estimate of drug-likeness (QED) is 0.218. The number of nitrogens with one attached hydrogen (secondary N) is 1. The van der Waals surface area contributed by atoms with Crippen LogP contribution in [0.3, 0.4) is 0 Å². The van der Waals surface area contributed by atoms with Crippen LogP contribution in [0.25, 0.3) is 0 Å². The fourth-order valence-electron chi connectivity index (χ4n) is 4.61. The van der Waals surface area contributed by atoms with E-state index in [2.05, 4.69) is 5.32 Å². The molecule has 0 saturated heterocycles. The van der Waals surface area contributed by atoms with Crippen LogP contribution < -0.4 is 9.62 Å². The van der Waals surface area contributed by atoms with Crippen LogP contribution in [-0.4, -0.2) is 44.3 Å². The maximum Gasteiger partial charge on any atom is 0.264 e. The number of aryl methyl sites for hydroxylation is 1. The van der Waals surface area contributed by atoms with Gasteiger partial charge in [-0.05, 0) is 73.5 Å². The third-order valence-electron chi connectivity index (χ3n) is 6.89. The van der Waals surface area contributed by atoms with Gasteiger partial charge in [0.05, 0.1) is 10.6 Å². The number of anilines is 1. The van der Waals surface area contributed by atoms with Gasteiger partial charge in [0.15, 0.2) is 0 Å². The summed E-state index contributed by atoms with van der Waals surface area (Å²) < 4.78 is 42.7. The molecule has 43 heavy (non-hydrogen) atoms. The molecule has 10 heteroatoms. The second-order valence-electron chi connectivity index (χ2n) is 10.0. The largest absolute Gasteiger partial charge is 0.355 e. The second kappa shape index (κ2) is 14.3. The first-order valence-corrected chi connectivity index (χ1v) is 15.6. The van der Waals surface area contributed by atoms with E-state index in [4.69, 9.17) is 11.6 Å². The van der Waals surface area contributed by atoms with Gasteiger partial charge >= 0.3 is 0 Å². The summed E-state index contributed by atoms with van der Waals surface area (Å²) in [5.41, 5.74) is 2.51. The normalized spacial score (nSPS) is 11.9. The molecule has 0 bridgehead atoms. The molecule has 1 atom stereocenters. The van der Waals surface area contributed by atoms with Crippen LogP contribution in [0.5, 0.6) is 0 Å². The van der Waals surface area contributed by atoms with Crippen LogP contribution in [0.4, 0.5) is 10.1 Å². The summed E-state index contributed by atoms with van der Waals surface area (Å²) in [6.45, 7) is 3.36. The van der Waals surface area contributed by atoms with E-state index in [1.165, 1.54) is 29.2 Å². The lowest BCUT2D eigenvalue weighted by Gasteiger charge is -2.33.